The number of allylic oxidation sites excluding steroid dienone is 4. The van der Waals surface area contributed by atoms with Crippen molar-refractivity contribution in [2.75, 3.05) is 21.3 Å². The molecule has 9 atom stereocenters. The van der Waals surface area contributed by atoms with Crippen LogP contribution in [0.2, 0.25) is 6.04 Å². The van der Waals surface area contributed by atoms with Crippen LogP contribution >= 0.6 is 0 Å². The number of rotatable bonds is 6. The van der Waals surface area contributed by atoms with Crippen LogP contribution in [0.5, 0.6) is 0 Å². The van der Waals surface area contributed by atoms with E-state index in [1.54, 1.807) is 21.3 Å². The van der Waals surface area contributed by atoms with E-state index in [1.807, 2.05) is 0 Å². The number of ether oxygens (including phenoxy) is 1. The number of epoxide rings is 1. The minimum Gasteiger partial charge on any atom is -0.377 e. The lowest BCUT2D eigenvalue weighted by Crippen LogP contribution is -2.43. The van der Waals surface area contributed by atoms with Crippen LogP contribution < -0.4 is 0 Å². The van der Waals surface area contributed by atoms with E-state index >= 15 is 0 Å². The molecule has 0 aromatic carbocycles. The maximum atomic E-state index is 5.59. The van der Waals surface area contributed by atoms with E-state index in [9.17, 15) is 0 Å². The van der Waals surface area contributed by atoms with Gasteiger partial charge in [-0.3, -0.25) is 0 Å². The molecule has 0 amide bonds. The van der Waals surface area contributed by atoms with Crippen LogP contribution in [0, 0.1) is 41.4 Å². The maximum absolute atomic E-state index is 5.59. The summed E-state index contributed by atoms with van der Waals surface area (Å²) < 4.78 is 21.9. The summed E-state index contributed by atoms with van der Waals surface area (Å²) in [6, 6.07) is 0.943. The highest BCUT2D eigenvalue weighted by Crippen LogP contribution is 2.61. The lowest BCUT2D eigenvalue weighted by Gasteiger charge is -2.27. The summed E-state index contributed by atoms with van der Waals surface area (Å²) in [5.74, 6) is 6.29. The highest BCUT2D eigenvalue weighted by molar-refractivity contribution is 6.60. The molecule has 1 aliphatic heterocycles. The molecule has 6 rings (SSSR count). The highest BCUT2D eigenvalue weighted by Gasteiger charge is 2.63. The second kappa shape index (κ2) is 7.10. The van der Waals surface area contributed by atoms with Crippen molar-refractivity contribution >= 4 is 8.80 Å². The van der Waals surface area contributed by atoms with Crippen molar-refractivity contribution in [2.24, 2.45) is 41.4 Å². The largest absolute Gasteiger partial charge is 0.500 e. The second-order valence-electron chi connectivity index (χ2n) is 9.44. The van der Waals surface area contributed by atoms with Gasteiger partial charge < -0.3 is 18.0 Å². The Morgan fingerprint density at radius 2 is 1.59 bits per heavy atom. The molecule has 9 unspecified atom stereocenters. The van der Waals surface area contributed by atoms with Gasteiger partial charge in [-0.15, -0.1) is 0 Å². The summed E-state index contributed by atoms with van der Waals surface area (Å²) in [6.07, 6.45) is 17.8. The zero-order valence-electron chi connectivity index (χ0n) is 16.9. The summed E-state index contributed by atoms with van der Waals surface area (Å²) in [7, 11) is 2.75. The van der Waals surface area contributed by atoms with E-state index < -0.39 is 8.80 Å². The van der Waals surface area contributed by atoms with Gasteiger partial charge in [0.15, 0.2) is 0 Å². The molecular weight excluding hydrogens is 356 g/mol. The van der Waals surface area contributed by atoms with E-state index in [1.165, 1.54) is 32.1 Å². The summed E-state index contributed by atoms with van der Waals surface area (Å²) in [5.41, 5.74) is 0. The molecule has 6 aliphatic rings. The predicted molar refractivity (Wildman–Crippen MR) is 106 cm³/mol. The van der Waals surface area contributed by atoms with Crippen LogP contribution in [0.1, 0.15) is 32.1 Å². The van der Waals surface area contributed by atoms with Crippen molar-refractivity contribution in [3.63, 3.8) is 0 Å². The molecule has 0 N–H and O–H groups in total. The first-order valence-electron chi connectivity index (χ1n) is 10.8. The van der Waals surface area contributed by atoms with Gasteiger partial charge in [0.25, 0.3) is 0 Å². The zero-order valence-corrected chi connectivity index (χ0v) is 17.9. The lowest BCUT2D eigenvalue weighted by molar-refractivity contribution is 0.120. The fourth-order valence-electron chi connectivity index (χ4n) is 6.88. The van der Waals surface area contributed by atoms with Crippen LogP contribution in [0.3, 0.4) is 0 Å². The smallest absolute Gasteiger partial charge is 0.377 e. The second-order valence-corrected chi connectivity index (χ2v) is 12.5. The Morgan fingerprint density at radius 1 is 0.852 bits per heavy atom. The van der Waals surface area contributed by atoms with E-state index in [2.05, 4.69) is 24.3 Å². The first-order valence-corrected chi connectivity index (χ1v) is 12.8. The monoisotopic (exact) mass is 390 g/mol. The minimum absolute atomic E-state index is 0.690. The maximum Gasteiger partial charge on any atom is 0.500 e. The van der Waals surface area contributed by atoms with Crippen LogP contribution in [0.25, 0.3) is 0 Å². The Labute approximate surface area is 164 Å². The molecule has 4 nitrogen and oxygen atoms in total. The van der Waals surface area contributed by atoms with Crippen molar-refractivity contribution in [1.82, 2.24) is 0 Å². The summed E-state index contributed by atoms with van der Waals surface area (Å²) in [5, 5.41) is 0. The Morgan fingerprint density at radius 3 is 2.22 bits per heavy atom. The molecule has 5 aliphatic carbocycles. The molecule has 4 fully saturated rings. The summed E-state index contributed by atoms with van der Waals surface area (Å²) >= 11 is 0. The molecule has 0 radical (unpaired) electrons. The van der Waals surface area contributed by atoms with Crippen LogP contribution in [0.15, 0.2) is 24.3 Å². The number of hydrogen-bond acceptors (Lipinski definition) is 4. The molecule has 27 heavy (non-hydrogen) atoms. The Kier molecular flexibility index (Phi) is 4.88. The van der Waals surface area contributed by atoms with Gasteiger partial charge in [0.05, 0.1) is 12.2 Å². The zero-order chi connectivity index (χ0) is 18.6. The molecule has 0 spiro atoms. The van der Waals surface area contributed by atoms with Crippen molar-refractivity contribution < 1.29 is 18.0 Å². The molecule has 5 heteroatoms. The van der Waals surface area contributed by atoms with Gasteiger partial charge in [-0.1, -0.05) is 24.3 Å². The first-order chi connectivity index (χ1) is 13.2. The van der Waals surface area contributed by atoms with Gasteiger partial charge >= 0.3 is 8.80 Å². The van der Waals surface area contributed by atoms with Gasteiger partial charge in [-0.05, 0) is 73.5 Å². The molecule has 0 aromatic rings. The Hall–Kier alpha value is -0.463. The average Bonchev–Trinajstić information content (AvgIpc) is 3.28. The van der Waals surface area contributed by atoms with Crippen molar-refractivity contribution in [2.45, 2.75) is 50.4 Å². The third-order valence-electron chi connectivity index (χ3n) is 8.36. The van der Waals surface area contributed by atoms with Gasteiger partial charge in [0, 0.05) is 27.4 Å². The fraction of sp³-hybridized carbons (Fsp3) is 0.818. The van der Waals surface area contributed by atoms with Gasteiger partial charge in [-0.2, -0.15) is 0 Å². The normalized spacial score (nSPS) is 47.1. The van der Waals surface area contributed by atoms with Crippen molar-refractivity contribution in [1.29, 1.82) is 0 Å². The fourth-order valence-corrected chi connectivity index (χ4v) is 8.72. The Balaban J connectivity index is 0.000000125. The Bertz CT molecular complexity index is 607. The quantitative estimate of drug-likeness (QED) is 0.389. The first kappa shape index (κ1) is 18.6. The SMILES string of the molecule is C1=CC2CC1C1CC3OC3C21.CO[Si](CCC1CC2C=CC1C2)(OC)OC. The number of fused-ring (bicyclic) bond motifs is 9. The lowest BCUT2D eigenvalue weighted by atomic mass is 9.85. The van der Waals surface area contributed by atoms with Gasteiger partial charge in [0.2, 0.25) is 0 Å². The minimum atomic E-state index is -2.34. The van der Waals surface area contributed by atoms with E-state index in [0.717, 1.165) is 47.5 Å². The van der Waals surface area contributed by atoms with Crippen molar-refractivity contribution in [3.8, 4) is 0 Å². The van der Waals surface area contributed by atoms with Gasteiger partial charge in [0.1, 0.15) is 0 Å². The molecule has 1 heterocycles. The van der Waals surface area contributed by atoms with E-state index in [0.29, 0.717) is 12.2 Å². The molecular formula is C22H34O4Si. The van der Waals surface area contributed by atoms with Crippen molar-refractivity contribution in [3.05, 3.63) is 24.3 Å². The van der Waals surface area contributed by atoms with E-state index in [4.69, 9.17) is 18.0 Å². The molecule has 0 aromatic heterocycles. The molecule has 1 saturated heterocycles. The summed E-state index contributed by atoms with van der Waals surface area (Å²) in [4.78, 5) is 0. The van der Waals surface area contributed by atoms with Crippen LogP contribution in [-0.4, -0.2) is 42.3 Å². The topological polar surface area (TPSA) is 40.2 Å². The third-order valence-corrected chi connectivity index (χ3v) is 11.1. The average molecular weight is 391 g/mol. The summed E-state index contributed by atoms with van der Waals surface area (Å²) in [6.45, 7) is 0. The number of hydrogen-bond donors (Lipinski definition) is 0. The molecule has 3 saturated carbocycles. The van der Waals surface area contributed by atoms with Gasteiger partial charge in [-0.25, -0.2) is 0 Å². The van der Waals surface area contributed by atoms with Crippen LogP contribution in [-0.2, 0) is 18.0 Å². The third kappa shape index (κ3) is 3.20. The highest BCUT2D eigenvalue weighted by atomic mass is 28.4. The predicted octanol–water partition coefficient (Wildman–Crippen LogP) is 4.06. The molecule has 150 valence electrons. The standard InChI is InChI=1S/C12H22O3Si.C10H12O/c1-13-16(14-2,15-3)7-6-12-9-10-4-5-11(12)8-10;1-2-6-3-5(1)7-4-8-10(11-8)9(6)7/h4-5,10-12H,6-9H2,1-3H3;1-2,5-10H,3-4H2. The van der Waals surface area contributed by atoms with Crippen LogP contribution in [0.4, 0.5) is 0 Å². The molecule has 4 bridgehead atoms. The van der Waals surface area contributed by atoms with E-state index in [-0.39, 0.29) is 0 Å².